The van der Waals surface area contributed by atoms with Crippen molar-refractivity contribution in [2.45, 2.75) is 45.1 Å². The SMILES string of the molecule is Cc1ccc(S(=O)(=O)N2CCCC(C(=O)N(Cc3nc(-c4cccs4)no3)CC(C)C)C2)cc1. The first-order valence-electron chi connectivity index (χ1n) is 11.5. The molecule has 0 radical (unpaired) electrons. The van der Waals surface area contributed by atoms with Crippen LogP contribution >= 0.6 is 11.3 Å². The van der Waals surface area contributed by atoms with E-state index in [-0.39, 0.29) is 29.8 Å². The number of carbonyl (C=O) groups is 1. The first-order valence-corrected chi connectivity index (χ1v) is 13.8. The number of carbonyl (C=O) groups excluding carboxylic acids is 1. The molecule has 0 saturated carbocycles. The monoisotopic (exact) mass is 502 g/mol. The number of piperidine rings is 1. The fourth-order valence-corrected chi connectivity index (χ4v) is 6.31. The van der Waals surface area contributed by atoms with E-state index in [1.807, 2.05) is 38.3 Å². The molecule has 1 saturated heterocycles. The number of sulfonamides is 1. The molecule has 2 aromatic heterocycles. The summed E-state index contributed by atoms with van der Waals surface area (Å²) in [6.07, 6.45) is 1.29. The standard InChI is InChI=1S/C24H30N4O4S2/c1-17(2)14-27(16-22-25-23(26-32-22)21-7-5-13-33-21)24(29)19-6-4-12-28(15-19)34(30,31)20-10-8-18(3)9-11-20/h5,7-11,13,17,19H,4,6,12,14-16H2,1-3H3. The largest absolute Gasteiger partial charge is 0.337 e. The number of hydrogen-bond acceptors (Lipinski definition) is 7. The minimum absolute atomic E-state index is 0.0756. The van der Waals surface area contributed by atoms with Crippen molar-refractivity contribution in [3.63, 3.8) is 0 Å². The lowest BCUT2D eigenvalue weighted by Gasteiger charge is -2.34. The predicted octanol–water partition coefficient (Wildman–Crippen LogP) is 4.19. The van der Waals surface area contributed by atoms with Crippen molar-refractivity contribution >= 4 is 27.3 Å². The Bertz CT molecular complexity index is 1200. The summed E-state index contributed by atoms with van der Waals surface area (Å²) in [6, 6.07) is 10.7. The summed E-state index contributed by atoms with van der Waals surface area (Å²) in [5.41, 5.74) is 0.998. The number of thiophene rings is 1. The summed E-state index contributed by atoms with van der Waals surface area (Å²) >= 11 is 1.52. The number of amides is 1. The van der Waals surface area contributed by atoms with Gasteiger partial charge in [-0.3, -0.25) is 4.79 Å². The first-order chi connectivity index (χ1) is 16.2. The Balaban J connectivity index is 1.49. The molecule has 1 aliphatic heterocycles. The van der Waals surface area contributed by atoms with E-state index in [1.165, 1.54) is 15.6 Å². The molecule has 182 valence electrons. The molecule has 1 amide bonds. The Morgan fingerprint density at radius 3 is 2.71 bits per heavy atom. The molecule has 0 spiro atoms. The highest BCUT2D eigenvalue weighted by Gasteiger charge is 2.35. The lowest BCUT2D eigenvalue weighted by atomic mass is 9.97. The predicted molar refractivity (Wildman–Crippen MR) is 131 cm³/mol. The van der Waals surface area contributed by atoms with E-state index in [0.29, 0.717) is 37.6 Å². The van der Waals surface area contributed by atoms with Crippen LogP contribution in [0, 0.1) is 18.8 Å². The summed E-state index contributed by atoms with van der Waals surface area (Å²) in [4.78, 5) is 20.9. The van der Waals surface area contributed by atoms with Gasteiger partial charge in [-0.2, -0.15) is 9.29 Å². The van der Waals surface area contributed by atoms with Gasteiger partial charge in [0.2, 0.25) is 27.6 Å². The second-order valence-electron chi connectivity index (χ2n) is 9.12. The van der Waals surface area contributed by atoms with Crippen molar-refractivity contribution in [3.05, 3.63) is 53.2 Å². The number of nitrogens with zero attached hydrogens (tertiary/aromatic N) is 4. The van der Waals surface area contributed by atoms with Crippen LogP contribution in [0.4, 0.5) is 0 Å². The van der Waals surface area contributed by atoms with E-state index < -0.39 is 15.9 Å². The van der Waals surface area contributed by atoms with Gasteiger partial charge in [0, 0.05) is 19.6 Å². The third-order valence-corrected chi connectivity index (χ3v) is 8.57. The third-order valence-electron chi connectivity index (χ3n) is 5.83. The van der Waals surface area contributed by atoms with E-state index in [4.69, 9.17) is 4.52 Å². The first kappa shape index (κ1) is 24.6. The smallest absolute Gasteiger partial charge is 0.246 e. The minimum atomic E-state index is -3.65. The van der Waals surface area contributed by atoms with Crippen molar-refractivity contribution < 1.29 is 17.7 Å². The quantitative estimate of drug-likeness (QED) is 0.458. The molecule has 10 heteroatoms. The van der Waals surface area contributed by atoms with E-state index in [1.54, 1.807) is 29.2 Å². The summed E-state index contributed by atoms with van der Waals surface area (Å²) in [7, 11) is -3.65. The van der Waals surface area contributed by atoms with Crippen LogP contribution in [-0.4, -0.2) is 53.3 Å². The highest BCUT2D eigenvalue weighted by atomic mass is 32.2. The highest BCUT2D eigenvalue weighted by Crippen LogP contribution is 2.27. The molecule has 0 N–H and O–H groups in total. The number of hydrogen-bond donors (Lipinski definition) is 0. The van der Waals surface area contributed by atoms with Crippen LogP contribution in [0.15, 0.2) is 51.2 Å². The summed E-state index contributed by atoms with van der Waals surface area (Å²) in [5.74, 6) is 0.632. The summed E-state index contributed by atoms with van der Waals surface area (Å²) in [5, 5.41) is 5.99. The van der Waals surface area contributed by atoms with Crippen LogP contribution in [0.1, 0.15) is 38.1 Å². The number of rotatable bonds is 8. The van der Waals surface area contributed by atoms with Gasteiger partial charge in [0.1, 0.15) is 6.54 Å². The maximum absolute atomic E-state index is 13.5. The van der Waals surface area contributed by atoms with Gasteiger partial charge in [0.15, 0.2) is 0 Å². The molecule has 1 aromatic carbocycles. The fourth-order valence-electron chi connectivity index (χ4n) is 4.14. The van der Waals surface area contributed by atoms with Crippen molar-refractivity contribution in [2.75, 3.05) is 19.6 Å². The Kier molecular flexibility index (Phi) is 7.49. The van der Waals surface area contributed by atoms with Crippen molar-refractivity contribution in [2.24, 2.45) is 11.8 Å². The molecule has 1 aliphatic rings. The number of aryl methyl sites for hydroxylation is 1. The van der Waals surface area contributed by atoms with Crippen LogP contribution in [0.5, 0.6) is 0 Å². The van der Waals surface area contributed by atoms with E-state index in [0.717, 1.165) is 10.4 Å². The zero-order chi connectivity index (χ0) is 24.3. The Hall–Kier alpha value is -2.56. The maximum Gasteiger partial charge on any atom is 0.246 e. The molecular formula is C24H30N4O4S2. The van der Waals surface area contributed by atoms with E-state index in [2.05, 4.69) is 10.1 Å². The minimum Gasteiger partial charge on any atom is -0.337 e. The molecule has 3 aromatic rings. The highest BCUT2D eigenvalue weighted by molar-refractivity contribution is 7.89. The van der Waals surface area contributed by atoms with Crippen LogP contribution in [-0.2, 0) is 21.4 Å². The topological polar surface area (TPSA) is 96.6 Å². The fraction of sp³-hybridized carbons (Fsp3) is 0.458. The Morgan fingerprint density at radius 1 is 1.26 bits per heavy atom. The average molecular weight is 503 g/mol. The Labute approximate surface area is 204 Å². The second kappa shape index (κ2) is 10.4. The van der Waals surface area contributed by atoms with Gasteiger partial charge in [-0.15, -0.1) is 11.3 Å². The maximum atomic E-state index is 13.5. The molecule has 4 rings (SSSR count). The van der Waals surface area contributed by atoms with Crippen molar-refractivity contribution in [3.8, 4) is 10.7 Å². The number of benzene rings is 1. The van der Waals surface area contributed by atoms with Crippen molar-refractivity contribution in [1.82, 2.24) is 19.3 Å². The normalized spacial score (nSPS) is 17.2. The van der Waals surface area contributed by atoms with Gasteiger partial charge in [0.05, 0.1) is 15.7 Å². The molecule has 0 aliphatic carbocycles. The molecule has 34 heavy (non-hydrogen) atoms. The van der Waals surface area contributed by atoms with Gasteiger partial charge < -0.3 is 9.42 Å². The van der Waals surface area contributed by atoms with Crippen LogP contribution in [0.25, 0.3) is 10.7 Å². The molecular weight excluding hydrogens is 472 g/mol. The molecule has 1 fully saturated rings. The lowest BCUT2D eigenvalue weighted by Crippen LogP contribution is -2.47. The van der Waals surface area contributed by atoms with Gasteiger partial charge in [-0.1, -0.05) is 42.8 Å². The van der Waals surface area contributed by atoms with Gasteiger partial charge in [-0.05, 0) is 49.3 Å². The second-order valence-corrected chi connectivity index (χ2v) is 12.0. The zero-order valence-corrected chi connectivity index (χ0v) is 21.3. The average Bonchev–Trinajstić information content (AvgIpc) is 3.50. The Morgan fingerprint density at radius 2 is 2.03 bits per heavy atom. The van der Waals surface area contributed by atoms with Gasteiger partial charge >= 0.3 is 0 Å². The van der Waals surface area contributed by atoms with E-state index in [9.17, 15) is 13.2 Å². The molecule has 8 nitrogen and oxygen atoms in total. The third kappa shape index (κ3) is 5.56. The molecule has 1 unspecified atom stereocenters. The number of aromatic nitrogens is 2. The van der Waals surface area contributed by atoms with Crippen LogP contribution in [0.2, 0.25) is 0 Å². The van der Waals surface area contributed by atoms with Crippen LogP contribution < -0.4 is 0 Å². The zero-order valence-electron chi connectivity index (χ0n) is 19.7. The van der Waals surface area contributed by atoms with Gasteiger partial charge in [0.25, 0.3) is 0 Å². The van der Waals surface area contributed by atoms with Gasteiger partial charge in [-0.25, -0.2) is 8.42 Å². The van der Waals surface area contributed by atoms with Crippen LogP contribution in [0.3, 0.4) is 0 Å². The molecule has 0 bridgehead atoms. The summed E-state index contributed by atoms with van der Waals surface area (Å²) in [6.45, 7) is 7.32. The molecule has 1 atom stereocenters. The summed E-state index contributed by atoms with van der Waals surface area (Å²) < 4.78 is 33.2. The molecule has 3 heterocycles. The lowest BCUT2D eigenvalue weighted by molar-refractivity contribution is -0.138. The van der Waals surface area contributed by atoms with E-state index >= 15 is 0 Å². The van der Waals surface area contributed by atoms with Crippen molar-refractivity contribution in [1.29, 1.82) is 0 Å².